The van der Waals surface area contributed by atoms with Crippen molar-refractivity contribution in [2.24, 2.45) is 23.7 Å². The van der Waals surface area contributed by atoms with Gasteiger partial charge in [0.05, 0.1) is 29.7 Å². The van der Waals surface area contributed by atoms with Crippen LogP contribution in [-0.2, 0) is 0 Å². The van der Waals surface area contributed by atoms with Gasteiger partial charge in [0, 0.05) is 17.1 Å². The van der Waals surface area contributed by atoms with Crippen LogP contribution in [0.2, 0.25) is 5.02 Å². The number of halogens is 1. The van der Waals surface area contributed by atoms with E-state index in [1.54, 1.807) is 29.9 Å². The lowest BCUT2D eigenvalue weighted by molar-refractivity contribution is -0.0166. The number of urea groups is 1. The summed E-state index contributed by atoms with van der Waals surface area (Å²) in [5.41, 5.74) is 0.888. The molecule has 2 aromatic carbocycles. The minimum absolute atomic E-state index is 0.0649. The molecule has 3 aromatic rings. The number of hydrogen-bond acceptors (Lipinski definition) is 4. The first-order chi connectivity index (χ1) is 19.1. The number of nitrogens with one attached hydrogen (secondary N) is 1. The van der Waals surface area contributed by atoms with Crippen molar-refractivity contribution in [1.29, 1.82) is 0 Å². The molecule has 4 aliphatic carbocycles. The van der Waals surface area contributed by atoms with Crippen LogP contribution in [0.5, 0.6) is 5.75 Å². The van der Waals surface area contributed by atoms with E-state index in [2.05, 4.69) is 19.2 Å². The maximum absolute atomic E-state index is 14.2. The molecule has 0 aliphatic heterocycles. The van der Waals surface area contributed by atoms with E-state index in [4.69, 9.17) is 21.3 Å². The highest BCUT2D eigenvalue weighted by molar-refractivity contribution is 6.31. The topological polar surface area (TPSA) is 76.5 Å². The van der Waals surface area contributed by atoms with Gasteiger partial charge in [-0.1, -0.05) is 25.4 Å². The van der Waals surface area contributed by atoms with Gasteiger partial charge in [0.2, 0.25) is 0 Å². The highest BCUT2D eigenvalue weighted by atomic mass is 35.5. The molecule has 4 fully saturated rings. The van der Waals surface area contributed by atoms with E-state index in [-0.39, 0.29) is 23.0 Å². The zero-order valence-electron chi connectivity index (χ0n) is 23.8. The molecule has 1 heterocycles. The lowest BCUT2D eigenvalue weighted by atomic mass is 9.53. The third kappa shape index (κ3) is 4.98. The van der Waals surface area contributed by atoms with E-state index in [1.807, 2.05) is 36.1 Å². The van der Waals surface area contributed by atoms with Crippen molar-refractivity contribution in [3.8, 4) is 11.4 Å². The normalized spacial score (nSPS) is 25.8. The van der Waals surface area contributed by atoms with Gasteiger partial charge < -0.3 is 15.0 Å². The van der Waals surface area contributed by atoms with Crippen LogP contribution < -0.4 is 15.6 Å². The van der Waals surface area contributed by atoms with Crippen LogP contribution in [0.3, 0.4) is 0 Å². The molecule has 4 bridgehead atoms. The Labute approximate surface area is 240 Å². The maximum Gasteiger partial charge on any atom is 0.318 e. The van der Waals surface area contributed by atoms with Gasteiger partial charge in [-0.05, 0) is 112 Å². The summed E-state index contributed by atoms with van der Waals surface area (Å²) in [6.45, 7) is 6.75. The zero-order valence-corrected chi connectivity index (χ0v) is 24.6. The summed E-state index contributed by atoms with van der Waals surface area (Å²) < 4.78 is 6.98. The lowest BCUT2D eigenvalue weighted by Crippen LogP contribution is -2.62. The van der Waals surface area contributed by atoms with Gasteiger partial charge in [0.15, 0.2) is 0 Å². The number of fused-ring (bicyclic) bond motifs is 1. The lowest BCUT2D eigenvalue weighted by Gasteiger charge is -2.57. The van der Waals surface area contributed by atoms with Crippen molar-refractivity contribution in [3.05, 3.63) is 63.7 Å². The third-order valence-electron chi connectivity index (χ3n) is 9.26. The Kier molecular flexibility index (Phi) is 7.06. The molecule has 40 heavy (non-hydrogen) atoms. The Hall–Kier alpha value is -3.06. The van der Waals surface area contributed by atoms with E-state index < -0.39 is 6.04 Å². The summed E-state index contributed by atoms with van der Waals surface area (Å²) in [5.74, 6) is 3.63. The van der Waals surface area contributed by atoms with E-state index in [0.717, 1.165) is 37.0 Å². The van der Waals surface area contributed by atoms with Gasteiger partial charge in [-0.15, -0.1) is 0 Å². The van der Waals surface area contributed by atoms with Gasteiger partial charge in [0.25, 0.3) is 5.56 Å². The molecule has 2 amide bonds. The van der Waals surface area contributed by atoms with E-state index >= 15 is 0 Å². The van der Waals surface area contributed by atoms with Gasteiger partial charge in [-0.3, -0.25) is 9.36 Å². The number of carbonyl (C=O) groups is 1. The van der Waals surface area contributed by atoms with E-state index in [9.17, 15) is 9.59 Å². The molecule has 8 heteroatoms. The first-order valence-electron chi connectivity index (χ1n) is 14.6. The third-order valence-corrected chi connectivity index (χ3v) is 9.50. The fraction of sp³-hybridized carbons (Fsp3) is 0.531. The molecule has 1 aromatic heterocycles. The quantitative estimate of drug-likeness (QED) is 0.346. The number of nitrogens with zero attached hydrogens (tertiary/aromatic N) is 3. The molecule has 1 N–H and O–H groups in total. The van der Waals surface area contributed by atoms with Crippen LogP contribution in [0, 0.1) is 23.7 Å². The zero-order chi connectivity index (χ0) is 28.2. The van der Waals surface area contributed by atoms with E-state index in [0.29, 0.717) is 39.7 Å². The van der Waals surface area contributed by atoms with Gasteiger partial charge in [-0.2, -0.15) is 0 Å². The Bertz CT molecular complexity index is 1450. The Morgan fingerprint density at radius 2 is 1.70 bits per heavy atom. The standard InChI is InChI=1S/C32H39ClN4O3/c1-19(2)18-36(31(39)35-32-15-21-11-22(16-32)13-23(12-21)17-32)20(3)29-34-28-14-24(33)5-10-27(28)30(38)37(29)25-6-8-26(40-4)9-7-25/h5-10,14,19-23H,11-13,15-18H2,1-4H3,(H,35,39). The Morgan fingerprint density at radius 3 is 2.27 bits per heavy atom. The minimum Gasteiger partial charge on any atom is -0.497 e. The van der Waals surface area contributed by atoms with Crippen LogP contribution in [0.15, 0.2) is 47.3 Å². The summed E-state index contributed by atoms with van der Waals surface area (Å²) >= 11 is 6.31. The second-order valence-corrected chi connectivity index (χ2v) is 13.3. The van der Waals surface area contributed by atoms with Crippen LogP contribution in [0.25, 0.3) is 16.6 Å². The van der Waals surface area contributed by atoms with Crippen LogP contribution >= 0.6 is 11.6 Å². The molecular weight excluding hydrogens is 524 g/mol. The van der Waals surface area contributed by atoms with Crippen molar-refractivity contribution < 1.29 is 9.53 Å². The molecule has 4 aliphatic rings. The number of benzene rings is 2. The molecule has 212 valence electrons. The number of carbonyl (C=O) groups excluding carboxylic acids is 1. The van der Waals surface area contributed by atoms with Crippen molar-refractivity contribution in [2.75, 3.05) is 13.7 Å². The molecular formula is C32H39ClN4O3. The van der Waals surface area contributed by atoms with Crippen LogP contribution in [0.4, 0.5) is 4.79 Å². The summed E-state index contributed by atoms with van der Waals surface area (Å²) in [4.78, 5) is 35.0. The Morgan fingerprint density at radius 1 is 1.07 bits per heavy atom. The summed E-state index contributed by atoms with van der Waals surface area (Å²) in [6.07, 6.45) is 7.20. The summed E-state index contributed by atoms with van der Waals surface area (Å²) in [5, 5.41) is 4.54. The number of rotatable bonds is 7. The van der Waals surface area contributed by atoms with Crippen LogP contribution in [0.1, 0.15) is 71.2 Å². The van der Waals surface area contributed by atoms with Crippen molar-refractivity contribution in [3.63, 3.8) is 0 Å². The number of methoxy groups -OCH3 is 1. The molecule has 0 radical (unpaired) electrons. The summed E-state index contributed by atoms with van der Waals surface area (Å²) in [6, 6.07) is 12.0. The highest BCUT2D eigenvalue weighted by Gasteiger charge is 2.52. The number of amides is 2. The number of aromatic nitrogens is 2. The first-order valence-corrected chi connectivity index (χ1v) is 15.0. The maximum atomic E-state index is 14.2. The first kappa shape index (κ1) is 27.1. The fourth-order valence-corrected chi connectivity index (χ4v) is 8.12. The van der Waals surface area contributed by atoms with E-state index in [1.165, 1.54) is 19.3 Å². The molecule has 1 atom stereocenters. The predicted octanol–water partition coefficient (Wildman–Crippen LogP) is 6.75. The predicted molar refractivity (Wildman–Crippen MR) is 158 cm³/mol. The largest absolute Gasteiger partial charge is 0.497 e. The van der Waals surface area contributed by atoms with Gasteiger partial charge in [0.1, 0.15) is 11.6 Å². The SMILES string of the molecule is COc1ccc(-n2c(C(C)N(CC(C)C)C(=O)NC34CC5CC(CC(C5)C3)C4)nc3cc(Cl)ccc3c2=O)cc1. The van der Waals surface area contributed by atoms with Crippen molar-refractivity contribution in [2.45, 2.75) is 70.9 Å². The second kappa shape index (κ2) is 10.4. The van der Waals surface area contributed by atoms with Crippen molar-refractivity contribution in [1.82, 2.24) is 19.8 Å². The van der Waals surface area contributed by atoms with Crippen molar-refractivity contribution >= 4 is 28.5 Å². The highest BCUT2D eigenvalue weighted by Crippen LogP contribution is 2.55. The average molecular weight is 563 g/mol. The number of ether oxygens (including phenoxy) is 1. The van der Waals surface area contributed by atoms with Crippen LogP contribution in [-0.4, -0.2) is 39.7 Å². The van der Waals surface area contributed by atoms with Gasteiger partial charge in [-0.25, -0.2) is 9.78 Å². The fourth-order valence-electron chi connectivity index (χ4n) is 7.95. The summed E-state index contributed by atoms with van der Waals surface area (Å²) in [7, 11) is 1.61. The molecule has 0 saturated heterocycles. The monoisotopic (exact) mass is 562 g/mol. The average Bonchev–Trinajstić information content (AvgIpc) is 2.90. The molecule has 7 rings (SSSR count). The molecule has 4 saturated carbocycles. The Balaban J connectivity index is 1.41. The molecule has 7 nitrogen and oxygen atoms in total. The smallest absolute Gasteiger partial charge is 0.318 e. The second-order valence-electron chi connectivity index (χ2n) is 12.8. The number of hydrogen-bond donors (Lipinski definition) is 1. The van der Waals surface area contributed by atoms with Gasteiger partial charge >= 0.3 is 6.03 Å². The molecule has 0 spiro atoms. The minimum atomic E-state index is -0.463. The molecule has 1 unspecified atom stereocenters.